The van der Waals surface area contributed by atoms with Gasteiger partial charge in [-0.3, -0.25) is 4.79 Å². The van der Waals surface area contributed by atoms with Gasteiger partial charge in [-0.1, -0.05) is 6.92 Å². The maximum Gasteiger partial charge on any atom is 0.152 e. The van der Waals surface area contributed by atoms with Crippen molar-refractivity contribution < 1.29 is 27.8 Å². The van der Waals surface area contributed by atoms with Crippen LogP contribution < -0.4 is 0 Å². The number of sulfone groups is 1. The molecule has 0 amide bonds. The molecule has 0 aliphatic heterocycles. The Balaban J connectivity index is 4.08. The Morgan fingerprint density at radius 1 is 1.30 bits per heavy atom. The Morgan fingerprint density at radius 2 is 1.95 bits per heavy atom. The van der Waals surface area contributed by atoms with E-state index in [0.29, 0.717) is 26.1 Å². The molecular formula is C13H26O6S. The highest BCUT2D eigenvalue weighted by atomic mass is 32.2. The first kappa shape index (κ1) is 19.5. The molecule has 0 spiro atoms. The van der Waals surface area contributed by atoms with Gasteiger partial charge in [-0.05, 0) is 19.8 Å². The average Bonchev–Trinajstić information content (AvgIpc) is 2.34. The topological polar surface area (TPSA) is 89.9 Å². The molecule has 0 heterocycles. The Labute approximate surface area is 121 Å². The van der Waals surface area contributed by atoms with Gasteiger partial charge < -0.3 is 14.6 Å². The number of hydrogen-bond donors (Lipinski definition) is 1. The van der Waals surface area contributed by atoms with Crippen LogP contribution in [-0.4, -0.2) is 63.8 Å². The number of carbonyl (C=O) groups is 1. The third-order valence-electron chi connectivity index (χ3n) is 3.03. The lowest BCUT2D eigenvalue weighted by atomic mass is 10.00. The standard InChI is InChI=1S/C13H26O6S/c1-4-12(11(2)14)5-8-20(16,17)10-13(15)9-19-7-6-18-3/h12-13,15H,4-10H2,1-3H3/t12-,13?/m0/s1. The van der Waals surface area contributed by atoms with E-state index in [-0.39, 0.29) is 29.8 Å². The summed E-state index contributed by atoms with van der Waals surface area (Å²) in [6.45, 7) is 4.01. The van der Waals surface area contributed by atoms with Crippen LogP contribution in [-0.2, 0) is 24.1 Å². The fourth-order valence-corrected chi connectivity index (χ4v) is 3.30. The van der Waals surface area contributed by atoms with Gasteiger partial charge in [0.2, 0.25) is 0 Å². The SMILES string of the molecule is CC[C@@H](CCS(=O)(=O)CC(O)COCCOC)C(C)=O. The molecule has 2 atom stereocenters. The van der Waals surface area contributed by atoms with Crippen LogP contribution in [0.2, 0.25) is 0 Å². The molecule has 20 heavy (non-hydrogen) atoms. The predicted octanol–water partition coefficient (Wildman–Crippen LogP) is 0.430. The summed E-state index contributed by atoms with van der Waals surface area (Å²) >= 11 is 0. The van der Waals surface area contributed by atoms with Gasteiger partial charge in [-0.25, -0.2) is 8.42 Å². The van der Waals surface area contributed by atoms with Crippen LogP contribution in [0.5, 0.6) is 0 Å². The van der Waals surface area contributed by atoms with Crippen molar-refractivity contribution in [3.05, 3.63) is 0 Å². The van der Waals surface area contributed by atoms with Gasteiger partial charge in [-0.2, -0.15) is 0 Å². The number of ketones is 1. The molecule has 0 fully saturated rings. The summed E-state index contributed by atoms with van der Waals surface area (Å²) < 4.78 is 33.5. The lowest BCUT2D eigenvalue weighted by Crippen LogP contribution is -2.28. The highest BCUT2D eigenvalue weighted by molar-refractivity contribution is 7.91. The molecule has 0 radical (unpaired) electrons. The van der Waals surface area contributed by atoms with Crippen LogP contribution in [0.15, 0.2) is 0 Å². The van der Waals surface area contributed by atoms with E-state index in [1.165, 1.54) is 14.0 Å². The Bertz CT molecular complexity index is 365. The first-order chi connectivity index (χ1) is 9.32. The summed E-state index contributed by atoms with van der Waals surface area (Å²) in [4.78, 5) is 11.2. The number of methoxy groups -OCH3 is 1. The Kier molecular flexibility index (Phi) is 10.0. The third kappa shape index (κ3) is 9.41. The minimum Gasteiger partial charge on any atom is -0.390 e. The van der Waals surface area contributed by atoms with Crippen LogP contribution in [0.25, 0.3) is 0 Å². The summed E-state index contributed by atoms with van der Waals surface area (Å²) in [6, 6.07) is 0. The molecule has 0 aliphatic rings. The van der Waals surface area contributed by atoms with Crippen LogP contribution in [0.4, 0.5) is 0 Å². The van der Waals surface area contributed by atoms with Crippen molar-refractivity contribution in [3.63, 3.8) is 0 Å². The van der Waals surface area contributed by atoms with Crippen LogP contribution in [0.1, 0.15) is 26.7 Å². The molecule has 0 aromatic carbocycles. The Hall–Kier alpha value is -0.500. The Morgan fingerprint density at radius 3 is 2.45 bits per heavy atom. The molecular weight excluding hydrogens is 284 g/mol. The summed E-state index contributed by atoms with van der Waals surface area (Å²) in [5.74, 6) is -0.639. The highest BCUT2D eigenvalue weighted by Gasteiger charge is 2.21. The number of hydrogen-bond acceptors (Lipinski definition) is 6. The summed E-state index contributed by atoms with van der Waals surface area (Å²) in [6.07, 6.45) is -0.104. The predicted molar refractivity (Wildman–Crippen MR) is 76.4 cm³/mol. The van der Waals surface area contributed by atoms with Crippen LogP contribution in [0.3, 0.4) is 0 Å². The normalized spacial score (nSPS) is 15.0. The van der Waals surface area contributed by atoms with Gasteiger partial charge in [0.05, 0.1) is 37.4 Å². The van der Waals surface area contributed by atoms with E-state index in [2.05, 4.69) is 0 Å². The van der Waals surface area contributed by atoms with Crippen molar-refractivity contribution in [2.45, 2.75) is 32.8 Å². The fraction of sp³-hybridized carbons (Fsp3) is 0.923. The fourth-order valence-electron chi connectivity index (χ4n) is 1.80. The molecule has 1 N–H and O–H groups in total. The number of aliphatic hydroxyl groups excluding tert-OH is 1. The van der Waals surface area contributed by atoms with Crippen molar-refractivity contribution in [2.75, 3.05) is 38.4 Å². The van der Waals surface area contributed by atoms with Gasteiger partial charge in [0.15, 0.2) is 9.84 Å². The second-order valence-corrected chi connectivity index (χ2v) is 7.07. The van der Waals surface area contributed by atoms with Crippen molar-refractivity contribution in [3.8, 4) is 0 Å². The van der Waals surface area contributed by atoms with E-state index in [4.69, 9.17) is 9.47 Å². The number of carbonyl (C=O) groups excluding carboxylic acids is 1. The van der Waals surface area contributed by atoms with E-state index in [1.807, 2.05) is 6.92 Å². The van der Waals surface area contributed by atoms with E-state index >= 15 is 0 Å². The highest BCUT2D eigenvalue weighted by Crippen LogP contribution is 2.12. The zero-order valence-corrected chi connectivity index (χ0v) is 13.3. The minimum absolute atomic E-state index is 0.00569. The number of aliphatic hydroxyl groups is 1. The first-order valence-corrected chi connectivity index (χ1v) is 8.60. The summed E-state index contributed by atoms with van der Waals surface area (Å²) in [5, 5.41) is 9.60. The maximum atomic E-state index is 11.8. The minimum atomic E-state index is -3.38. The second kappa shape index (κ2) is 10.3. The zero-order chi connectivity index (χ0) is 15.6. The molecule has 0 rings (SSSR count). The van der Waals surface area contributed by atoms with Crippen LogP contribution in [0, 0.1) is 5.92 Å². The molecule has 0 aliphatic carbocycles. The molecule has 0 aromatic heterocycles. The monoisotopic (exact) mass is 310 g/mol. The molecule has 0 bridgehead atoms. The lowest BCUT2D eigenvalue weighted by molar-refractivity contribution is -0.120. The molecule has 6 nitrogen and oxygen atoms in total. The maximum absolute atomic E-state index is 11.8. The van der Waals surface area contributed by atoms with Crippen molar-refractivity contribution in [1.82, 2.24) is 0 Å². The van der Waals surface area contributed by atoms with Gasteiger partial charge in [-0.15, -0.1) is 0 Å². The van der Waals surface area contributed by atoms with Crippen LogP contribution >= 0.6 is 0 Å². The third-order valence-corrected chi connectivity index (χ3v) is 4.78. The summed E-state index contributed by atoms with van der Waals surface area (Å²) in [7, 11) is -1.84. The zero-order valence-electron chi connectivity index (χ0n) is 12.5. The molecule has 0 saturated heterocycles. The van der Waals surface area contributed by atoms with Gasteiger partial charge in [0, 0.05) is 13.0 Å². The quantitative estimate of drug-likeness (QED) is 0.526. The van der Waals surface area contributed by atoms with Crippen molar-refractivity contribution >= 4 is 15.6 Å². The summed E-state index contributed by atoms with van der Waals surface area (Å²) in [5.41, 5.74) is 0. The largest absolute Gasteiger partial charge is 0.390 e. The van der Waals surface area contributed by atoms with E-state index in [0.717, 1.165) is 0 Å². The van der Waals surface area contributed by atoms with Gasteiger partial charge in [0.25, 0.3) is 0 Å². The van der Waals surface area contributed by atoms with Gasteiger partial charge in [0.1, 0.15) is 5.78 Å². The number of Topliss-reactive ketones (excluding diaryl/α,β-unsaturated/α-hetero) is 1. The van der Waals surface area contributed by atoms with Gasteiger partial charge >= 0.3 is 0 Å². The molecule has 7 heteroatoms. The first-order valence-electron chi connectivity index (χ1n) is 6.78. The van der Waals surface area contributed by atoms with E-state index in [9.17, 15) is 18.3 Å². The second-order valence-electron chi connectivity index (χ2n) is 4.84. The smallest absolute Gasteiger partial charge is 0.152 e. The van der Waals surface area contributed by atoms with E-state index in [1.54, 1.807) is 0 Å². The number of rotatable bonds is 12. The lowest BCUT2D eigenvalue weighted by Gasteiger charge is -2.14. The molecule has 0 aromatic rings. The molecule has 0 saturated carbocycles. The van der Waals surface area contributed by atoms with Crippen molar-refractivity contribution in [2.24, 2.45) is 5.92 Å². The molecule has 1 unspecified atom stereocenters. The number of ether oxygens (including phenoxy) is 2. The average molecular weight is 310 g/mol. The van der Waals surface area contributed by atoms with E-state index < -0.39 is 15.9 Å². The molecule has 120 valence electrons. The van der Waals surface area contributed by atoms with Crippen molar-refractivity contribution in [1.29, 1.82) is 0 Å².